The highest BCUT2D eigenvalue weighted by atomic mass is 16.5. The number of benzene rings is 2. The normalized spacial score (nSPS) is 11.7. The van der Waals surface area contributed by atoms with Crippen LogP contribution in [-0.2, 0) is 9.53 Å². The molecule has 27 heavy (non-hydrogen) atoms. The van der Waals surface area contributed by atoms with Gasteiger partial charge >= 0.3 is 5.97 Å². The molecule has 0 saturated carbocycles. The molecule has 0 bridgehead atoms. The van der Waals surface area contributed by atoms with Crippen molar-refractivity contribution in [3.05, 3.63) is 65.9 Å². The minimum atomic E-state index is -0.990. The molecule has 138 valence electrons. The summed E-state index contributed by atoms with van der Waals surface area (Å²) in [4.78, 5) is 29.0. The summed E-state index contributed by atoms with van der Waals surface area (Å²) in [6.07, 6.45) is -0.990. The van der Waals surface area contributed by atoms with Gasteiger partial charge in [-0.3, -0.25) is 4.79 Å². The van der Waals surface area contributed by atoms with Crippen LogP contribution in [0.25, 0.3) is 10.9 Å². The maximum absolute atomic E-state index is 12.4. The molecule has 3 aromatic rings. The highest BCUT2D eigenvalue weighted by Gasteiger charge is 2.21. The van der Waals surface area contributed by atoms with E-state index in [0.717, 1.165) is 10.9 Å². The Hall–Kier alpha value is -3.41. The van der Waals surface area contributed by atoms with Crippen molar-refractivity contribution in [1.29, 1.82) is 0 Å². The van der Waals surface area contributed by atoms with Crippen molar-refractivity contribution in [2.75, 3.05) is 12.4 Å². The van der Waals surface area contributed by atoms with Crippen molar-refractivity contribution < 1.29 is 19.1 Å². The van der Waals surface area contributed by atoms with Gasteiger partial charge in [0.25, 0.3) is 5.91 Å². The molecule has 1 unspecified atom stereocenters. The maximum Gasteiger partial charge on any atom is 0.357 e. The zero-order valence-corrected chi connectivity index (χ0v) is 15.4. The van der Waals surface area contributed by atoms with Crippen molar-refractivity contribution in [3.63, 3.8) is 0 Å². The summed E-state index contributed by atoms with van der Waals surface area (Å²) in [5.74, 6) is -0.573. The third-order valence-corrected chi connectivity index (χ3v) is 4.07. The SMILES string of the molecule is COc1ccc(C)cc1NC(=O)C(C)OC(=O)c1ccc2ccccc2n1. The van der Waals surface area contributed by atoms with Crippen LogP contribution in [0, 0.1) is 6.92 Å². The number of para-hydroxylation sites is 1. The van der Waals surface area contributed by atoms with E-state index in [2.05, 4.69) is 10.3 Å². The van der Waals surface area contributed by atoms with E-state index in [1.54, 1.807) is 24.3 Å². The number of esters is 1. The van der Waals surface area contributed by atoms with E-state index in [4.69, 9.17) is 9.47 Å². The lowest BCUT2D eigenvalue weighted by atomic mass is 10.2. The first kappa shape index (κ1) is 18.4. The fourth-order valence-corrected chi connectivity index (χ4v) is 2.61. The number of nitrogens with one attached hydrogen (secondary N) is 1. The Kier molecular flexibility index (Phi) is 5.35. The summed E-state index contributed by atoms with van der Waals surface area (Å²) in [7, 11) is 1.52. The number of methoxy groups -OCH3 is 1. The van der Waals surface area contributed by atoms with Crippen LogP contribution >= 0.6 is 0 Å². The van der Waals surface area contributed by atoms with E-state index < -0.39 is 18.0 Å². The Morgan fingerprint density at radius 2 is 1.85 bits per heavy atom. The van der Waals surface area contributed by atoms with Crippen LogP contribution in [0.15, 0.2) is 54.6 Å². The average Bonchev–Trinajstić information content (AvgIpc) is 2.67. The maximum atomic E-state index is 12.4. The van der Waals surface area contributed by atoms with Crippen LogP contribution in [0.2, 0.25) is 0 Å². The molecule has 1 amide bonds. The fourth-order valence-electron chi connectivity index (χ4n) is 2.61. The predicted molar refractivity (Wildman–Crippen MR) is 103 cm³/mol. The minimum Gasteiger partial charge on any atom is -0.495 e. The molecular weight excluding hydrogens is 344 g/mol. The molecule has 0 aliphatic carbocycles. The number of aromatic nitrogens is 1. The Balaban J connectivity index is 1.70. The highest BCUT2D eigenvalue weighted by Crippen LogP contribution is 2.25. The third kappa shape index (κ3) is 4.23. The van der Waals surface area contributed by atoms with Gasteiger partial charge in [0.2, 0.25) is 0 Å². The zero-order chi connectivity index (χ0) is 19.4. The van der Waals surface area contributed by atoms with Crippen LogP contribution in [0.5, 0.6) is 5.75 Å². The topological polar surface area (TPSA) is 77.5 Å². The van der Waals surface area contributed by atoms with Gasteiger partial charge in [0.15, 0.2) is 6.10 Å². The van der Waals surface area contributed by atoms with Crippen molar-refractivity contribution >= 4 is 28.5 Å². The second kappa shape index (κ2) is 7.86. The molecule has 0 aliphatic rings. The number of pyridine rings is 1. The summed E-state index contributed by atoms with van der Waals surface area (Å²) in [5, 5.41) is 3.65. The number of amides is 1. The number of fused-ring (bicyclic) bond motifs is 1. The number of hydrogen-bond donors (Lipinski definition) is 1. The molecule has 0 saturated heterocycles. The fraction of sp³-hybridized carbons (Fsp3) is 0.190. The largest absolute Gasteiger partial charge is 0.495 e. The number of anilines is 1. The van der Waals surface area contributed by atoms with Gasteiger partial charge in [-0.15, -0.1) is 0 Å². The summed E-state index contributed by atoms with van der Waals surface area (Å²) in [5.41, 5.74) is 2.33. The number of nitrogens with zero attached hydrogens (tertiary/aromatic N) is 1. The van der Waals surface area contributed by atoms with Crippen molar-refractivity contribution in [3.8, 4) is 5.75 Å². The molecule has 3 rings (SSSR count). The van der Waals surface area contributed by atoms with E-state index >= 15 is 0 Å². The molecule has 1 N–H and O–H groups in total. The molecule has 0 aliphatic heterocycles. The lowest BCUT2D eigenvalue weighted by Crippen LogP contribution is -2.30. The quantitative estimate of drug-likeness (QED) is 0.698. The summed E-state index contributed by atoms with van der Waals surface area (Å²) < 4.78 is 10.5. The number of ether oxygens (including phenoxy) is 2. The molecule has 0 spiro atoms. The van der Waals surface area contributed by atoms with Crippen molar-refractivity contribution in [2.24, 2.45) is 0 Å². The van der Waals surface area contributed by atoms with Gasteiger partial charge in [0.05, 0.1) is 18.3 Å². The number of carbonyl (C=O) groups is 2. The second-order valence-electron chi connectivity index (χ2n) is 6.13. The number of rotatable bonds is 5. The first-order chi connectivity index (χ1) is 13.0. The monoisotopic (exact) mass is 364 g/mol. The second-order valence-corrected chi connectivity index (χ2v) is 6.13. The van der Waals surface area contributed by atoms with E-state index in [9.17, 15) is 9.59 Å². The highest BCUT2D eigenvalue weighted by molar-refractivity contribution is 5.98. The van der Waals surface area contributed by atoms with Crippen LogP contribution in [-0.4, -0.2) is 30.1 Å². The van der Waals surface area contributed by atoms with Gasteiger partial charge in [0, 0.05) is 5.39 Å². The third-order valence-electron chi connectivity index (χ3n) is 4.07. The Labute approximate surface area is 157 Å². The van der Waals surface area contributed by atoms with Crippen LogP contribution < -0.4 is 10.1 Å². The van der Waals surface area contributed by atoms with E-state index in [1.165, 1.54) is 14.0 Å². The summed E-state index contributed by atoms with van der Waals surface area (Å²) >= 11 is 0. The first-order valence-electron chi connectivity index (χ1n) is 8.50. The van der Waals surface area contributed by atoms with Gasteiger partial charge in [-0.05, 0) is 43.7 Å². The molecule has 2 aromatic carbocycles. The van der Waals surface area contributed by atoms with Gasteiger partial charge in [-0.1, -0.05) is 30.3 Å². The first-order valence-corrected chi connectivity index (χ1v) is 8.50. The molecule has 6 nitrogen and oxygen atoms in total. The summed E-state index contributed by atoms with van der Waals surface area (Å²) in [6.45, 7) is 3.42. The lowest BCUT2D eigenvalue weighted by Gasteiger charge is -2.15. The van der Waals surface area contributed by atoms with Crippen LogP contribution in [0.3, 0.4) is 0 Å². The minimum absolute atomic E-state index is 0.154. The standard InChI is InChI=1S/C21H20N2O4/c1-13-8-11-19(26-3)18(12-13)23-20(24)14(2)27-21(25)17-10-9-15-6-4-5-7-16(15)22-17/h4-12,14H,1-3H3,(H,23,24). The Morgan fingerprint density at radius 1 is 1.07 bits per heavy atom. The number of aryl methyl sites for hydroxylation is 1. The van der Waals surface area contributed by atoms with Crippen molar-refractivity contribution in [2.45, 2.75) is 20.0 Å². The van der Waals surface area contributed by atoms with Gasteiger partial charge < -0.3 is 14.8 Å². The van der Waals surface area contributed by atoms with E-state index in [-0.39, 0.29) is 5.69 Å². The average molecular weight is 364 g/mol. The molecule has 1 aromatic heterocycles. The van der Waals surface area contributed by atoms with Crippen molar-refractivity contribution in [1.82, 2.24) is 4.98 Å². The number of carbonyl (C=O) groups excluding carboxylic acids is 2. The van der Waals surface area contributed by atoms with Crippen LogP contribution in [0.1, 0.15) is 23.0 Å². The zero-order valence-electron chi connectivity index (χ0n) is 15.4. The number of hydrogen-bond acceptors (Lipinski definition) is 5. The smallest absolute Gasteiger partial charge is 0.357 e. The molecule has 0 radical (unpaired) electrons. The Morgan fingerprint density at radius 3 is 2.63 bits per heavy atom. The van der Waals surface area contributed by atoms with Gasteiger partial charge in [-0.2, -0.15) is 0 Å². The van der Waals surface area contributed by atoms with Crippen LogP contribution in [0.4, 0.5) is 5.69 Å². The predicted octanol–water partition coefficient (Wildman–Crippen LogP) is 3.74. The Bertz CT molecular complexity index is 1000. The van der Waals surface area contributed by atoms with E-state index in [1.807, 2.05) is 37.3 Å². The lowest BCUT2D eigenvalue weighted by molar-refractivity contribution is -0.123. The summed E-state index contributed by atoms with van der Waals surface area (Å²) in [6, 6.07) is 16.3. The van der Waals surface area contributed by atoms with Gasteiger partial charge in [-0.25, -0.2) is 9.78 Å². The molecular formula is C21H20N2O4. The molecule has 0 fully saturated rings. The van der Waals surface area contributed by atoms with Gasteiger partial charge in [0.1, 0.15) is 11.4 Å². The molecule has 1 atom stereocenters. The molecule has 1 heterocycles. The van der Waals surface area contributed by atoms with E-state index in [0.29, 0.717) is 17.0 Å². The molecule has 6 heteroatoms.